The summed E-state index contributed by atoms with van der Waals surface area (Å²) >= 11 is 9.25. The zero-order valence-corrected chi connectivity index (χ0v) is 12.6. The molecule has 0 aliphatic carbocycles. The van der Waals surface area contributed by atoms with E-state index in [1.165, 1.54) is 6.07 Å². The van der Waals surface area contributed by atoms with Gasteiger partial charge in [-0.3, -0.25) is 4.79 Å². The van der Waals surface area contributed by atoms with Gasteiger partial charge in [0.2, 0.25) is 0 Å². The molecule has 19 heavy (non-hydrogen) atoms. The molecular formula is C15H11BrClFO. The monoisotopic (exact) mass is 340 g/mol. The number of ketones is 1. The number of carbonyl (C=O) groups excluding carboxylic acids is 1. The highest BCUT2D eigenvalue weighted by Gasteiger charge is 2.14. The van der Waals surface area contributed by atoms with Crippen LogP contribution in [0.3, 0.4) is 0 Å². The van der Waals surface area contributed by atoms with Gasteiger partial charge in [-0.1, -0.05) is 39.7 Å². The Morgan fingerprint density at radius 1 is 1.32 bits per heavy atom. The minimum absolute atomic E-state index is 0.0203. The highest BCUT2D eigenvalue weighted by Crippen LogP contribution is 2.22. The first-order valence-electron chi connectivity index (χ1n) is 5.71. The molecule has 2 aromatic carbocycles. The third-order valence-corrected chi connectivity index (χ3v) is 3.83. The van der Waals surface area contributed by atoms with Gasteiger partial charge >= 0.3 is 0 Å². The van der Waals surface area contributed by atoms with Gasteiger partial charge in [0.05, 0.1) is 0 Å². The number of Topliss-reactive ketones (excluding diaryl/α,β-unsaturated/α-hetero) is 1. The van der Waals surface area contributed by atoms with Crippen molar-refractivity contribution in [1.82, 2.24) is 0 Å². The zero-order chi connectivity index (χ0) is 14.0. The lowest BCUT2D eigenvalue weighted by Gasteiger charge is -2.07. The largest absolute Gasteiger partial charge is 0.294 e. The minimum atomic E-state index is -0.378. The van der Waals surface area contributed by atoms with E-state index in [0.29, 0.717) is 16.1 Å². The second kappa shape index (κ2) is 5.85. The van der Waals surface area contributed by atoms with Crippen molar-refractivity contribution in [2.75, 3.05) is 0 Å². The van der Waals surface area contributed by atoms with Crippen molar-refractivity contribution in [3.05, 3.63) is 68.4 Å². The predicted molar refractivity (Wildman–Crippen MR) is 78.3 cm³/mol. The highest BCUT2D eigenvalue weighted by atomic mass is 79.9. The molecule has 2 rings (SSSR count). The first-order valence-corrected chi connectivity index (χ1v) is 6.88. The molecule has 2 aromatic rings. The molecule has 0 heterocycles. The fraction of sp³-hybridized carbons (Fsp3) is 0.133. The third kappa shape index (κ3) is 3.23. The van der Waals surface area contributed by atoms with Crippen LogP contribution in [0, 0.1) is 12.7 Å². The van der Waals surface area contributed by atoms with Crippen molar-refractivity contribution in [2.24, 2.45) is 0 Å². The zero-order valence-electron chi connectivity index (χ0n) is 10.2. The van der Waals surface area contributed by atoms with Gasteiger partial charge in [-0.15, -0.1) is 0 Å². The lowest BCUT2D eigenvalue weighted by Crippen LogP contribution is -2.07. The second-order valence-electron chi connectivity index (χ2n) is 4.25. The highest BCUT2D eigenvalue weighted by molar-refractivity contribution is 9.10. The van der Waals surface area contributed by atoms with E-state index in [1.54, 1.807) is 37.3 Å². The van der Waals surface area contributed by atoms with Gasteiger partial charge in [-0.2, -0.15) is 0 Å². The van der Waals surface area contributed by atoms with Crippen molar-refractivity contribution in [1.29, 1.82) is 0 Å². The number of hydrogen-bond donors (Lipinski definition) is 0. The summed E-state index contributed by atoms with van der Waals surface area (Å²) in [5, 5.41) is 0.542. The van der Waals surface area contributed by atoms with Gasteiger partial charge in [-0.05, 0) is 42.3 Å². The van der Waals surface area contributed by atoms with Crippen LogP contribution >= 0.6 is 27.5 Å². The molecule has 0 aliphatic heterocycles. The normalized spacial score (nSPS) is 10.5. The molecule has 0 fully saturated rings. The molecule has 1 nitrogen and oxygen atoms in total. The molecule has 0 bridgehead atoms. The van der Waals surface area contributed by atoms with Gasteiger partial charge in [0.1, 0.15) is 5.82 Å². The van der Waals surface area contributed by atoms with E-state index in [4.69, 9.17) is 11.6 Å². The Morgan fingerprint density at radius 3 is 2.79 bits per heavy atom. The van der Waals surface area contributed by atoms with E-state index in [9.17, 15) is 9.18 Å². The molecule has 0 saturated heterocycles. The van der Waals surface area contributed by atoms with Gasteiger partial charge in [0.25, 0.3) is 0 Å². The number of hydrogen-bond acceptors (Lipinski definition) is 1. The first-order chi connectivity index (χ1) is 8.99. The van der Waals surface area contributed by atoms with Crippen molar-refractivity contribution in [3.8, 4) is 0 Å². The van der Waals surface area contributed by atoms with Crippen LogP contribution in [0.1, 0.15) is 21.5 Å². The van der Waals surface area contributed by atoms with Crippen LogP contribution in [0.15, 0.2) is 40.9 Å². The summed E-state index contributed by atoms with van der Waals surface area (Å²) in [5.41, 5.74) is 1.63. The Morgan fingerprint density at radius 2 is 2.05 bits per heavy atom. The van der Waals surface area contributed by atoms with E-state index in [0.717, 1.165) is 10.0 Å². The summed E-state index contributed by atoms with van der Waals surface area (Å²) in [5.74, 6) is -0.520. The molecule has 0 aliphatic rings. The smallest absolute Gasteiger partial charge is 0.167 e. The maximum absolute atomic E-state index is 13.6. The number of rotatable bonds is 3. The molecule has 0 spiro atoms. The standard InChI is InChI=1S/C15H11BrClFO/c1-9-12(3-2-4-13(9)17)15(19)8-10-7-11(16)5-6-14(10)18/h2-7H,8H2,1H3. The average molecular weight is 342 g/mol. The second-order valence-corrected chi connectivity index (χ2v) is 5.57. The van der Waals surface area contributed by atoms with Gasteiger partial charge in [0.15, 0.2) is 5.78 Å². The van der Waals surface area contributed by atoms with E-state index < -0.39 is 0 Å². The Bertz CT molecular complexity index is 640. The van der Waals surface area contributed by atoms with Crippen LogP contribution < -0.4 is 0 Å². The van der Waals surface area contributed by atoms with Crippen molar-refractivity contribution < 1.29 is 9.18 Å². The van der Waals surface area contributed by atoms with Crippen LogP contribution in [0.2, 0.25) is 5.02 Å². The third-order valence-electron chi connectivity index (χ3n) is 2.93. The lowest BCUT2D eigenvalue weighted by atomic mass is 9.99. The quantitative estimate of drug-likeness (QED) is 0.720. The summed E-state index contributed by atoms with van der Waals surface area (Å²) < 4.78 is 14.4. The van der Waals surface area contributed by atoms with Crippen molar-refractivity contribution in [3.63, 3.8) is 0 Å². The number of carbonyl (C=O) groups is 1. The fourth-order valence-electron chi connectivity index (χ4n) is 1.86. The molecule has 0 radical (unpaired) electrons. The Balaban J connectivity index is 2.31. The lowest BCUT2D eigenvalue weighted by molar-refractivity contribution is 0.0991. The summed E-state index contributed by atoms with van der Waals surface area (Å²) in [6, 6.07) is 9.73. The molecule has 4 heteroatoms. The van der Waals surface area contributed by atoms with Gasteiger partial charge < -0.3 is 0 Å². The molecule has 0 saturated carbocycles. The maximum Gasteiger partial charge on any atom is 0.167 e. The Hall–Kier alpha value is -1.19. The summed E-state index contributed by atoms with van der Waals surface area (Å²) in [4.78, 5) is 12.2. The Labute approximate surface area is 124 Å². The topological polar surface area (TPSA) is 17.1 Å². The fourth-order valence-corrected chi connectivity index (χ4v) is 2.44. The van der Waals surface area contributed by atoms with E-state index in [-0.39, 0.29) is 18.0 Å². The van der Waals surface area contributed by atoms with E-state index in [2.05, 4.69) is 15.9 Å². The summed E-state index contributed by atoms with van der Waals surface area (Å²) in [6.07, 6.45) is 0.0203. The molecule has 0 atom stereocenters. The summed E-state index contributed by atoms with van der Waals surface area (Å²) in [6.45, 7) is 1.78. The molecule has 0 N–H and O–H groups in total. The van der Waals surface area contributed by atoms with Crippen LogP contribution in [0.4, 0.5) is 4.39 Å². The molecule has 98 valence electrons. The maximum atomic E-state index is 13.6. The van der Waals surface area contributed by atoms with Crippen molar-refractivity contribution in [2.45, 2.75) is 13.3 Å². The first kappa shape index (κ1) is 14.2. The van der Waals surface area contributed by atoms with Gasteiger partial charge in [0, 0.05) is 21.5 Å². The van der Waals surface area contributed by atoms with Crippen molar-refractivity contribution >= 4 is 33.3 Å². The molecule has 0 amide bonds. The van der Waals surface area contributed by atoms with Crippen LogP contribution in [0.25, 0.3) is 0 Å². The van der Waals surface area contributed by atoms with Crippen LogP contribution in [-0.4, -0.2) is 5.78 Å². The molecule has 0 unspecified atom stereocenters. The van der Waals surface area contributed by atoms with Crippen LogP contribution in [0.5, 0.6) is 0 Å². The SMILES string of the molecule is Cc1c(Cl)cccc1C(=O)Cc1cc(Br)ccc1F. The van der Waals surface area contributed by atoms with E-state index in [1.807, 2.05) is 0 Å². The average Bonchev–Trinajstić information content (AvgIpc) is 2.37. The molecule has 0 aromatic heterocycles. The summed E-state index contributed by atoms with van der Waals surface area (Å²) in [7, 11) is 0. The molecular weight excluding hydrogens is 331 g/mol. The minimum Gasteiger partial charge on any atom is -0.294 e. The Kier molecular flexibility index (Phi) is 4.38. The number of benzene rings is 2. The number of halogens is 3. The predicted octanol–water partition coefficient (Wildman–Crippen LogP) is 4.98. The van der Waals surface area contributed by atoms with E-state index >= 15 is 0 Å². The van der Waals surface area contributed by atoms with Crippen LogP contribution in [-0.2, 0) is 6.42 Å². The van der Waals surface area contributed by atoms with Gasteiger partial charge in [-0.25, -0.2) is 4.39 Å².